The molecule has 0 bridgehead atoms. The highest BCUT2D eigenvalue weighted by Gasteiger charge is 2.32. The highest BCUT2D eigenvalue weighted by atomic mass is 19.4. The van der Waals surface area contributed by atoms with Crippen LogP contribution in [0.25, 0.3) is 11.3 Å². The number of rotatable bonds is 5. The van der Waals surface area contributed by atoms with Crippen LogP contribution in [-0.4, -0.2) is 25.2 Å². The third-order valence-corrected chi connectivity index (χ3v) is 3.35. The summed E-state index contributed by atoms with van der Waals surface area (Å²) in [6.45, 7) is 1.72. The van der Waals surface area contributed by atoms with Crippen LogP contribution in [0.3, 0.4) is 0 Å². The second-order valence-corrected chi connectivity index (χ2v) is 5.20. The van der Waals surface area contributed by atoms with E-state index in [1.54, 1.807) is 19.1 Å². The highest BCUT2D eigenvalue weighted by molar-refractivity contribution is 5.86. The van der Waals surface area contributed by atoms with Crippen LogP contribution in [0.2, 0.25) is 0 Å². The molecule has 2 aromatic rings. The lowest BCUT2D eigenvalue weighted by Crippen LogP contribution is -2.12. The van der Waals surface area contributed by atoms with Gasteiger partial charge in [-0.3, -0.25) is 0 Å². The Morgan fingerprint density at radius 2 is 1.88 bits per heavy atom. The molecule has 26 heavy (non-hydrogen) atoms. The van der Waals surface area contributed by atoms with E-state index in [1.165, 1.54) is 32.4 Å². The summed E-state index contributed by atoms with van der Waals surface area (Å²) in [4.78, 5) is 15.3. The number of alkyl halides is 3. The summed E-state index contributed by atoms with van der Waals surface area (Å²) in [5.74, 6) is -0.698. The number of nitrogens with zero attached hydrogens (tertiary/aromatic N) is 1. The number of hydrogen-bond acceptors (Lipinski definition) is 5. The van der Waals surface area contributed by atoms with Gasteiger partial charge >= 0.3 is 12.1 Å². The molecular weight excluding hydrogens is 351 g/mol. The molecule has 0 atom stereocenters. The van der Waals surface area contributed by atoms with Gasteiger partial charge in [-0.1, -0.05) is 18.2 Å². The minimum Gasteiger partial charge on any atom is -0.500 e. The molecular formula is C18H16F3NO4. The summed E-state index contributed by atoms with van der Waals surface area (Å²) < 4.78 is 53.4. The molecule has 0 aliphatic heterocycles. The first-order valence-corrected chi connectivity index (χ1v) is 7.40. The molecule has 0 unspecified atom stereocenters. The molecule has 0 saturated heterocycles. The number of aryl methyl sites for hydroxylation is 1. The molecule has 1 aromatic heterocycles. The first-order chi connectivity index (χ1) is 12.3. The second kappa shape index (κ2) is 7.90. The molecule has 5 nitrogen and oxygen atoms in total. The molecule has 138 valence electrons. The van der Waals surface area contributed by atoms with Gasteiger partial charge in [-0.05, 0) is 30.7 Å². The maximum Gasteiger partial charge on any atom is 0.433 e. The van der Waals surface area contributed by atoms with Crippen LogP contribution in [0.1, 0.15) is 11.3 Å². The van der Waals surface area contributed by atoms with Gasteiger partial charge in [-0.15, -0.1) is 0 Å². The molecule has 1 heterocycles. The number of carbonyl (C=O) groups excluding carboxylic acids is 1. The van der Waals surface area contributed by atoms with Gasteiger partial charge in [-0.25, -0.2) is 9.78 Å². The summed E-state index contributed by atoms with van der Waals surface area (Å²) in [7, 11) is 2.52. The summed E-state index contributed by atoms with van der Waals surface area (Å²) >= 11 is 0. The number of benzene rings is 1. The van der Waals surface area contributed by atoms with Crippen molar-refractivity contribution in [2.24, 2.45) is 0 Å². The zero-order valence-corrected chi connectivity index (χ0v) is 14.3. The fraction of sp³-hybridized carbons (Fsp3) is 0.222. The van der Waals surface area contributed by atoms with Crippen molar-refractivity contribution in [1.29, 1.82) is 0 Å². The minimum absolute atomic E-state index is 0.125. The molecule has 0 spiro atoms. The summed E-state index contributed by atoms with van der Waals surface area (Å²) in [6, 6.07) is 8.37. The van der Waals surface area contributed by atoms with Gasteiger partial charge in [0, 0.05) is 5.56 Å². The number of methoxy groups -OCH3 is 2. The maximum absolute atomic E-state index is 12.9. The quantitative estimate of drug-likeness (QED) is 0.452. The van der Waals surface area contributed by atoms with Crippen molar-refractivity contribution in [2.45, 2.75) is 13.1 Å². The van der Waals surface area contributed by atoms with E-state index in [4.69, 9.17) is 9.47 Å². The number of aromatic nitrogens is 1. The first-order valence-electron chi connectivity index (χ1n) is 7.40. The lowest BCUT2D eigenvalue weighted by Gasteiger charge is -2.12. The molecule has 0 aliphatic carbocycles. The normalized spacial score (nSPS) is 11.8. The van der Waals surface area contributed by atoms with Gasteiger partial charge < -0.3 is 14.2 Å². The van der Waals surface area contributed by atoms with Crippen LogP contribution in [-0.2, 0) is 20.4 Å². The molecule has 0 radical (unpaired) electrons. The van der Waals surface area contributed by atoms with Crippen molar-refractivity contribution in [3.05, 3.63) is 59.7 Å². The molecule has 0 saturated carbocycles. The van der Waals surface area contributed by atoms with E-state index in [2.05, 4.69) is 9.72 Å². The van der Waals surface area contributed by atoms with Crippen LogP contribution in [0, 0.1) is 6.92 Å². The summed E-state index contributed by atoms with van der Waals surface area (Å²) in [5.41, 5.74) is 0.192. The summed E-state index contributed by atoms with van der Waals surface area (Å²) in [5, 5.41) is 0. The zero-order valence-electron chi connectivity index (χ0n) is 14.3. The fourth-order valence-electron chi connectivity index (χ4n) is 2.06. The molecule has 1 aromatic carbocycles. The Morgan fingerprint density at radius 3 is 2.50 bits per heavy atom. The van der Waals surface area contributed by atoms with Gasteiger partial charge in [0.15, 0.2) is 0 Å². The molecule has 0 fully saturated rings. The predicted octanol–water partition coefficient (Wildman–Crippen LogP) is 4.12. The minimum atomic E-state index is -4.54. The smallest absolute Gasteiger partial charge is 0.433 e. The Kier molecular flexibility index (Phi) is 5.86. The number of hydrogen-bond donors (Lipinski definition) is 0. The third kappa shape index (κ3) is 4.53. The fourth-order valence-corrected chi connectivity index (χ4v) is 2.06. The van der Waals surface area contributed by atoms with E-state index >= 15 is 0 Å². The topological polar surface area (TPSA) is 57.7 Å². The van der Waals surface area contributed by atoms with E-state index in [9.17, 15) is 18.0 Å². The lowest BCUT2D eigenvalue weighted by molar-refractivity contribution is -0.141. The Bertz CT molecular complexity index is 831. The molecule has 8 heteroatoms. The molecule has 0 N–H and O–H groups in total. The zero-order chi connectivity index (χ0) is 19.3. The van der Waals surface area contributed by atoms with Gasteiger partial charge in [-0.2, -0.15) is 13.2 Å². The second-order valence-electron chi connectivity index (χ2n) is 5.20. The van der Waals surface area contributed by atoms with Crippen molar-refractivity contribution in [2.75, 3.05) is 14.2 Å². The number of ether oxygens (including phenoxy) is 3. The standard InChI is InChI=1S/C18H16F3NO4/c1-11-7-8-12(13-5-4-6-16(22-13)18(19,20)21)9-14(11)26-15(10-24-2)17(23)25-3/h4-10H,1-3H3/b15-10-. The van der Waals surface area contributed by atoms with Crippen molar-refractivity contribution in [3.63, 3.8) is 0 Å². The van der Waals surface area contributed by atoms with Gasteiger partial charge in [0.1, 0.15) is 17.7 Å². The molecule has 0 aliphatic rings. The van der Waals surface area contributed by atoms with Crippen molar-refractivity contribution in [3.8, 4) is 17.0 Å². The van der Waals surface area contributed by atoms with Crippen LogP contribution in [0.5, 0.6) is 5.75 Å². The summed E-state index contributed by atoms with van der Waals surface area (Å²) in [6.07, 6.45) is -3.47. The Labute approximate surface area is 148 Å². The van der Waals surface area contributed by atoms with Crippen LogP contribution in [0.4, 0.5) is 13.2 Å². The average Bonchev–Trinajstić information content (AvgIpc) is 2.61. The van der Waals surface area contributed by atoms with E-state index in [1.807, 2.05) is 0 Å². The van der Waals surface area contributed by atoms with E-state index in [0.717, 1.165) is 12.3 Å². The Hall–Kier alpha value is -3.03. The van der Waals surface area contributed by atoms with E-state index in [0.29, 0.717) is 11.1 Å². The number of esters is 1. The third-order valence-electron chi connectivity index (χ3n) is 3.35. The SMILES string of the molecule is CO/C=C(\Oc1cc(-c2cccc(C(F)(F)F)n2)ccc1C)C(=O)OC. The van der Waals surface area contributed by atoms with Crippen molar-refractivity contribution < 1.29 is 32.2 Å². The predicted molar refractivity (Wildman–Crippen MR) is 87.1 cm³/mol. The van der Waals surface area contributed by atoms with Crippen molar-refractivity contribution >= 4 is 5.97 Å². The number of halogens is 3. The van der Waals surface area contributed by atoms with Gasteiger partial charge in [0.2, 0.25) is 5.76 Å². The first kappa shape index (κ1) is 19.3. The lowest BCUT2D eigenvalue weighted by atomic mass is 10.1. The highest BCUT2D eigenvalue weighted by Crippen LogP contribution is 2.31. The Balaban J connectivity index is 2.41. The monoisotopic (exact) mass is 367 g/mol. The van der Waals surface area contributed by atoms with E-state index < -0.39 is 17.8 Å². The molecule has 2 rings (SSSR count). The number of pyridine rings is 1. The Morgan fingerprint density at radius 1 is 1.15 bits per heavy atom. The van der Waals surface area contributed by atoms with E-state index in [-0.39, 0.29) is 17.2 Å². The average molecular weight is 367 g/mol. The van der Waals surface area contributed by atoms with Crippen LogP contribution in [0.15, 0.2) is 48.4 Å². The van der Waals surface area contributed by atoms with Crippen LogP contribution < -0.4 is 4.74 Å². The van der Waals surface area contributed by atoms with Crippen molar-refractivity contribution in [1.82, 2.24) is 4.98 Å². The van der Waals surface area contributed by atoms with Crippen LogP contribution >= 0.6 is 0 Å². The van der Waals surface area contributed by atoms with Gasteiger partial charge in [0.25, 0.3) is 0 Å². The number of carbonyl (C=O) groups is 1. The largest absolute Gasteiger partial charge is 0.500 e. The maximum atomic E-state index is 12.9. The molecule has 0 amide bonds. The van der Waals surface area contributed by atoms with Gasteiger partial charge in [0.05, 0.1) is 19.9 Å².